The lowest BCUT2D eigenvalue weighted by molar-refractivity contribution is -0.164. The van der Waals surface area contributed by atoms with Crippen LogP contribution >= 0.6 is 11.6 Å². The second kappa shape index (κ2) is 18.4. The molecule has 0 radical (unpaired) electrons. The number of carbonyl (C=O) groups is 7. The Kier molecular flexibility index (Phi) is 13.5. The van der Waals surface area contributed by atoms with Crippen LogP contribution < -0.4 is 21.3 Å². The summed E-state index contributed by atoms with van der Waals surface area (Å²) in [5.74, 6) is -8.31. The minimum Gasteiger partial charge on any atom is -0.458 e. The average molecular weight is 864 g/mol. The molecule has 21 heteroatoms. The second-order valence-electron chi connectivity index (χ2n) is 15.5. The number of morpholine rings is 1. The van der Waals surface area contributed by atoms with Gasteiger partial charge in [-0.1, -0.05) is 18.5 Å². The summed E-state index contributed by atoms with van der Waals surface area (Å²) >= 11 is 5.82. The summed E-state index contributed by atoms with van der Waals surface area (Å²) in [5, 5.41) is 20.5. The largest absolute Gasteiger partial charge is 0.458 e. The first-order valence-corrected chi connectivity index (χ1v) is 19.7. The normalized spacial score (nSPS) is 28.3. The third-order valence-corrected chi connectivity index (χ3v) is 11.1. The first-order valence-electron chi connectivity index (χ1n) is 19.4. The molecule has 4 fully saturated rings. The zero-order valence-corrected chi connectivity index (χ0v) is 33.5. The fraction of sp³-hybridized carbons (Fsp3) is 0.513. The number of halogens is 4. The fourth-order valence-corrected chi connectivity index (χ4v) is 8.08. The van der Waals surface area contributed by atoms with Crippen LogP contribution in [0, 0.1) is 23.4 Å². The molecule has 60 heavy (non-hydrogen) atoms. The Balaban J connectivity index is 1.36. The van der Waals surface area contributed by atoms with Gasteiger partial charge in [0.2, 0.25) is 29.5 Å². The summed E-state index contributed by atoms with van der Waals surface area (Å²) in [4.78, 5) is 101. The Morgan fingerprint density at radius 3 is 2.30 bits per heavy atom. The summed E-state index contributed by atoms with van der Waals surface area (Å²) < 4.78 is 54.5. The highest BCUT2D eigenvalue weighted by molar-refractivity contribution is 6.30. The van der Waals surface area contributed by atoms with E-state index in [1.807, 2.05) is 0 Å². The van der Waals surface area contributed by atoms with Crippen molar-refractivity contribution in [3.63, 3.8) is 0 Å². The quantitative estimate of drug-likeness (QED) is 0.258. The molecule has 0 unspecified atom stereocenters. The number of ether oxygens (including phenoxy) is 2. The maximum atomic E-state index is 14.7. The molecule has 17 nitrogen and oxygen atoms in total. The highest BCUT2D eigenvalue weighted by Gasteiger charge is 2.49. The van der Waals surface area contributed by atoms with Crippen LogP contribution in [0.2, 0.25) is 5.02 Å². The van der Waals surface area contributed by atoms with Gasteiger partial charge in [-0.05, 0) is 62.1 Å². The molecule has 4 saturated heterocycles. The van der Waals surface area contributed by atoms with E-state index in [1.165, 1.54) is 29.7 Å². The molecule has 0 bridgehead atoms. The number of hydrogen-bond acceptors (Lipinski definition) is 10. The summed E-state index contributed by atoms with van der Waals surface area (Å²) in [6, 6.07) is -3.91. The molecule has 0 aromatic heterocycles. The number of esters is 1. The molecule has 5 N–H and O–H groups in total. The van der Waals surface area contributed by atoms with Crippen LogP contribution in [0.3, 0.4) is 0 Å². The summed E-state index contributed by atoms with van der Waals surface area (Å²) in [6.45, 7) is 3.92. The number of nitrogens with one attached hydrogen (secondary N) is 4. The van der Waals surface area contributed by atoms with Crippen LogP contribution in [-0.4, -0.2) is 143 Å². The van der Waals surface area contributed by atoms with E-state index in [0.717, 1.165) is 29.2 Å². The van der Waals surface area contributed by atoms with Crippen molar-refractivity contribution in [1.82, 2.24) is 30.7 Å². The third kappa shape index (κ3) is 9.93. The van der Waals surface area contributed by atoms with E-state index in [1.54, 1.807) is 6.92 Å². The fourth-order valence-electron chi connectivity index (χ4n) is 7.92. The summed E-state index contributed by atoms with van der Waals surface area (Å²) in [7, 11) is 0. The number of cyclic esters (lactones) is 1. The minimum absolute atomic E-state index is 0.0265. The summed E-state index contributed by atoms with van der Waals surface area (Å²) in [5.41, 5.74) is -0.450. The maximum Gasteiger partial charge on any atom is 0.329 e. The number of anilines is 1. The van der Waals surface area contributed by atoms with Gasteiger partial charge in [0, 0.05) is 43.6 Å². The van der Waals surface area contributed by atoms with E-state index < -0.39 is 120 Å². The van der Waals surface area contributed by atoms with Gasteiger partial charge >= 0.3 is 12.0 Å². The number of urea groups is 1. The van der Waals surface area contributed by atoms with E-state index in [0.29, 0.717) is 6.07 Å². The number of amides is 7. The minimum atomic E-state index is -1.84. The Morgan fingerprint density at radius 1 is 0.900 bits per heavy atom. The Labute approximate surface area is 347 Å². The molecule has 2 aromatic rings. The smallest absolute Gasteiger partial charge is 0.329 e. The molecule has 4 aliphatic rings. The highest BCUT2D eigenvalue weighted by atomic mass is 35.5. The number of aliphatic hydroxyl groups excluding tert-OH is 1. The molecule has 0 saturated carbocycles. The summed E-state index contributed by atoms with van der Waals surface area (Å²) in [6.07, 6.45) is -3.48. The monoisotopic (exact) mass is 863 g/mol. The van der Waals surface area contributed by atoms with Crippen molar-refractivity contribution in [2.45, 2.75) is 88.5 Å². The predicted molar refractivity (Wildman–Crippen MR) is 204 cm³/mol. The second-order valence-corrected chi connectivity index (χ2v) is 15.9. The SMILES string of the molecule is C[C@@H]1C[C@H]2C(=O)O[C@@H](C)[C@H](NC(=O)[C@H](Cc3cc(F)cc(F)c3)NC(=O)Nc3ccc(Cl)cc3F)C(=O)N3C[C@H](O)C[C@H]3C(=O)N3CCOC[C@H]3C(=O)N[C@@H](C)C(=O)N2C1. The molecule has 0 spiro atoms. The zero-order valence-electron chi connectivity index (χ0n) is 32.8. The number of hydrogen-bond donors (Lipinski definition) is 5. The van der Waals surface area contributed by atoms with Gasteiger partial charge in [0.1, 0.15) is 59.8 Å². The standard InChI is InChI=1S/C39H45ClF3N7O10/c1-18-8-30-38(57)60-20(3)32(47-33(52)28(11-21-9-23(41)13-24(42)10-21)46-39(58)45-27-5-4-22(40)12-26(27)43)37(56)50-16-25(51)14-29(50)36(55)48-6-7-59-17-31(48)34(53)44-19(2)35(54)49(30)15-18/h4-5,9-10,12-13,18-20,25,28-32,51H,6-8,11,14-17H2,1-3H3,(H,44,53)(H,47,52)(H2,45,46,58)/t18-,19+,20+,25-,28+,29+,30+,31+,32+/m1/s1. The van der Waals surface area contributed by atoms with Gasteiger partial charge < -0.3 is 50.5 Å². The van der Waals surface area contributed by atoms with E-state index in [2.05, 4.69) is 21.3 Å². The van der Waals surface area contributed by atoms with Gasteiger partial charge in [-0.25, -0.2) is 22.8 Å². The van der Waals surface area contributed by atoms with Gasteiger partial charge in [-0.2, -0.15) is 0 Å². The number of rotatable bonds is 6. The van der Waals surface area contributed by atoms with Crippen LogP contribution in [0.4, 0.5) is 23.7 Å². The number of fused-ring (bicyclic) bond motifs is 3. The zero-order chi connectivity index (χ0) is 43.6. The number of nitrogens with zero attached hydrogens (tertiary/aromatic N) is 3. The molecule has 4 heterocycles. The lowest BCUT2D eigenvalue weighted by Gasteiger charge is -2.39. The van der Waals surface area contributed by atoms with Crippen LogP contribution in [0.1, 0.15) is 39.2 Å². The molecule has 9 atom stereocenters. The predicted octanol–water partition coefficient (Wildman–Crippen LogP) is 0.851. The van der Waals surface area contributed by atoms with E-state index in [-0.39, 0.29) is 61.3 Å². The lowest BCUT2D eigenvalue weighted by Crippen LogP contribution is -2.64. The van der Waals surface area contributed by atoms with Crippen LogP contribution in [0.25, 0.3) is 0 Å². The van der Waals surface area contributed by atoms with Crippen LogP contribution in [0.15, 0.2) is 36.4 Å². The van der Waals surface area contributed by atoms with Crippen molar-refractivity contribution in [3.05, 3.63) is 64.4 Å². The van der Waals surface area contributed by atoms with E-state index in [9.17, 15) is 51.8 Å². The number of aliphatic hydroxyl groups is 1. The Hall–Kier alpha value is -5.47. The molecule has 7 amide bonds. The van der Waals surface area contributed by atoms with Crippen molar-refractivity contribution in [3.8, 4) is 0 Å². The van der Waals surface area contributed by atoms with Crippen molar-refractivity contribution in [1.29, 1.82) is 0 Å². The molecule has 4 aliphatic heterocycles. The molecule has 324 valence electrons. The van der Waals surface area contributed by atoms with E-state index in [4.69, 9.17) is 21.1 Å². The number of benzene rings is 2. The highest BCUT2D eigenvalue weighted by Crippen LogP contribution is 2.28. The average Bonchev–Trinajstić information content (AvgIpc) is 3.78. The van der Waals surface area contributed by atoms with Crippen molar-refractivity contribution in [2.75, 3.05) is 38.2 Å². The Bertz CT molecular complexity index is 2030. The van der Waals surface area contributed by atoms with Gasteiger partial charge in [-0.15, -0.1) is 0 Å². The molecule has 0 aliphatic carbocycles. The third-order valence-electron chi connectivity index (χ3n) is 10.9. The van der Waals surface area contributed by atoms with Gasteiger partial charge in [0.05, 0.1) is 25.0 Å². The van der Waals surface area contributed by atoms with Crippen LogP contribution in [0.5, 0.6) is 0 Å². The topological polar surface area (TPSA) is 216 Å². The van der Waals surface area contributed by atoms with Crippen LogP contribution in [-0.2, 0) is 44.7 Å². The first-order chi connectivity index (χ1) is 28.4. The maximum absolute atomic E-state index is 14.7. The first kappa shape index (κ1) is 44.1. The lowest BCUT2D eigenvalue weighted by atomic mass is 10.0. The molecule has 2 aromatic carbocycles. The van der Waals surface area contributed by atoms with Gasteiger partial charge in [0.25, 0.3) is 0 Å². The Morgan fingerprint density at radius 2 is 1.60 bits per heavy atom. The van der Waals surface area contributed by atoms with Crippen molar-refractivity contribution < 1.29 is 61.3 Å². The molecular formula is C39H45ClF3N7O10. The molecular weight excluding hydrogens is 819 g/mol. The van der Waals surface area contributed by atoms with Gasteiger partial charge in [-0.3, -0.25) is 24.0 Å². The van der Waals surface area contributed by atoms with Crippen molar-refractivity contribution >= 4 is 58.8 Å². The van der Waals surface area contributed by atoms with Gasteiger partial charge in [0.15, 0.2) is 0 Å². The van der Waals surface area contributed by atoms with Crippen molar-refractivity contribution in [2.24, 2.45) is 5.92 Å². The molecule has 6 rings (SSSR count). The van der Waals surface area contributed by atoms with E-state index >= 15 is 0 Å². The number of carbonyl (C=O) groups excluding carboxylic acids is 7.